The van der Waals surface area contributed by atoms with Gasteiger partial charge in [-0.05, 0) is 18.1 Å². The van der Waals surface area contributed by atoms with Crippen LogP contribution in [0.3, 0.4) is 0 Å². The molecule has 13 heavy (non-hydrogen) atoms. The van der Waals surface area contributed by atoms with Gasteiger partial charge in [-0.25, -0.2) is 0 Å². The molecule has 0 aliphatic heterocycles. The molecule has 0 fully saturated rings. The SMILES string of the molecule is COc1cc(O)ccc1C#CC=O. The number of methoxy groups -OCH3 is 1. The zero-order valence-electron chi connectivity index (χ0n) is 7.07. The van der Waals surface area contributed by atoms with E-state index in [-0.39, 0.29) is 5.75 Å². The van der Waals surface area contributed by atoms with Gasteiger partial charge in [0.15, 0.2) is 6.29 Å². The molecule has 3 heteroatoms. The number of phenolic OH excluding ortho intramolecular Hbond substituents is 1. The van der Waals surface area contributed by atoms with Gasteiger partial charge >= 0.3 is 0 Å². The van der Waals surface area contributed by atoms with E-state index in [1.54, 1.807) is 6.07 Å². The molecule has 0 heterocycles. The Balaban J connectivity index is 3.13. The fourth-order valence-corrected chi connectivity index (χ4v) is 0.890. The monoisotopic (exact) mass is 176 g/mol. The van der Waals surface area contributed by atoms with Gasteiger partial charge in [0.25, 0.3) is 0 Å². The van der Waals surface area contributed by atoms with Gasteiger partial charge in [0.2, 0.25) is 0 Å². The van der Waals surface area contributed by atoms with Gasteiger partial charge in [0.05, 0.1) is 12.7 Å². The number of hydrogen-bond acceptors (Lipinski definition) is 3. The first-order chi connectivity index (χ1) is 6.27. The van der Waals surface area contributed by atoms with Crippen molar-refractivity contribution in [1.82, 2.24) is 0 Å². The molecule has 0 saturated heterocycles. The molecular formula is C10H8O3. The first-order valence-corrected chi connectivity index (χ1v) is 3.60. The van der Waals surface area contributed by atoms with Gasteiger partial charge in [-0.3, -0.25) is 4.79 Å². The van der Waals surface area contributed by atoms with E-state index in [4.69, 9.17) is 9.84 Å². The Morgan fingerprint density at radius 2 is 2.31 bits per heavy atom. The maximum atomic E-state index is 9.98. The average molecular weight is 176 g/mol. The standard InChI is InChI=1S/C10H8O3/c1-13-10-7-9(12)5-4-8(10)3-2-6-11/h4-7,12H,1H3. The Morgan fingerprint density at radius 1 is 1.54 bits per heavy atom. The number of ether oxygens (including phenoxy) is 1. The molecule has 0 atom stereocenters. The number of aldehydes is 1. The minimum Gasteiger partial charge on any atom is -0.508 e. The van der Waals surface area contributed by atoms with Crippen molar-refractivity contribution < 1.29 is 14.6 Å². The van der Waals surface area contributed by atoms with Gasteiger partial charge in [-0.2, -0.15) is 0 Å². The Morgan fingerprint density at radius 3 is 2.92 bits per heavy atom. The van der Waals surface area contributed by atoms with E-state index >= 15 is 0 Å². The number of benzene rings is 1. The van der Waals surface area contributed by atoms with E-state index in [1.165, 1.54) is 19.2 Å². The van der Waals surface area contributed by atoms with Crippen molar-refractivity contribution >= 4 is 6.29 Å². The molecular weight excluding hydrogens is 168 g/mol. The molecule has 1 aromatic carbocycles. The molecule has 1 aromatic rings. The van der Waals surface area contributed by atoms with Crippen molar-refractivity contribution in [2.45, 2.75) is 0 Å². The molecule has 3 nitrogen and oxygen atoms in total. The fraction of sp³-hybridized carbons (Fsp3) is 0.100. The van der Waals surface area contributed by atoms with Gasteiger partial charge in [-0.1, -0.05) is 5.92 Å². The van der Waals surface area contributed by atoms with Gasteiger partial charge in [0, 0.05) is 6.07 Å². The summed E-state index contributed by atoms with van der Waals surface area (Å²) in [6, 6.07) is 4.51. The zero-order chi connectivity index (χ0) is 9.68. The van der Waals surface area contributed by atoms with Crippen molar-refractivity contribution in [3.8, 4) is 23.3 Å². The third-order valence-electron chi connectivity index (χ3n) is 1.45. The van der Waals surface area contributed by atoms with Crippen molar-refractivity contribution in [3.63, 3.8) is 0 Å². The average Bonchev–Trinajstić information content (AvgIpc) is 2.16. The van der Waals surface area contributed by atoms with Crippen molar-refractivity contribution in [2.75, 3.05) is 7.11 Å². The van der Waals surface area contributed by atoms with E-state index in [0.29, 0.717) is 17.6 Å². The summed E-state index contributed by atoms with van der Waals surface area (Å²) in [4.78, 5) is 9.98. The predicted molar refractivity (Wildman–Crippen MR) is 47.6 cm³/mol. The molecule has 1 rings (SSSR count). The number of rotatable bonds is 1. The summed E-state index contributed by atoms with van der Waals surface area (Å²) < 4.78 is 4.94. The Hall–Kier alpha value is -1.95. The Kier molecular flexibility index (Phi) is 2.93. The lowest BCUT2D eigenvalue weighted by Crippen LogP contribution is -1.86. The maximum Gasteiger partial charge on any atom is 0.193 e. The summed E-state index contributed by atoms with van der Waals surface area (Å²) in [6.07, 6.45) is 0.506. The molecule has 0 aliphatic rings. The van der Waals surface area contributed by atoms with Crippen LogP contribution < -0.4 is 4.74 Å². The van der Waals surface area contributed by atoms with Crippen LogP contribution in [0.15, 0.2) is 18.2 Å². The summed E-state index contributed by atoms with van der Waals surface area (Å²) >= 11 is 0. The van der Waals surface area contributed by atoms with Crippen LogP contribution in [0, 0.1) is 11.8 Å². The second kappa shape index (κ2) is 4.17. The highest BCUT2D eigenvalue weighted by Gasteiger charge is 2.00. The van der Waals surface area contributed by atoms with Gasteiger partial charge in [0.1, 0.15) is 11.5 Å². The van der Waals surface area contributed by atoms with Crippen LogP contribution in [0.2, 0.25) is 0 Å². The van der Waals surface area contributed by atoms with Crippen LogP contribution in [-0.2, 0) is 4.79 Å². The summed E-state index contributed by atoms with van der Waals surface area (Å²) in [7, 11) is 1.47. The van der Waals surface area contributed by atoms with Gasteiger partial charge in [-0.15, -0.1) is 0 Å². The van der Waals surface area contributed by atoms with Crippen LogP contribution in [0.25, 0.3) is 0 Å². The lowest BCUT2D eigenvalue weighted by molar-refractivity contribution is -0.103. The number of hydrogen-bond donors (Lipinski definition) is 1. The lowest BCUT2D eigenvalue weighted by atomic mass is 10.2. The number of phenols is 1. The van der Waals surface area contributed by atoms with E-state index in [9.17, 15) is 4.79 Å². The number of carbonyl (C=O) groups excluding carboxylic acids is 1. The summed E-state index contributed by atoms with van der Waals surface area (Å²) in [5.74, 6) is 5.41. The smallest absolute Gasteiger partial charge is 0.193 e. The van der Waals surface area contributed by atoms with Crippen molar-refractivity contribution in [1.29, 1.82) is 0 Å². The molecule has 66 valence electrons. The van der Waals surface area contributed by atoms with E-state index in [1.807, 2.05) is 0 Å². The van der Waals surface area contributed by atoms with Crippen LogP contribution in [0.5, 0.6) is 11.5 Å². The van der Waals surface area contributed by atoms with Crippen LogP contribution in [0.4, 0.5) is 0 Å². The summed E-state index contributed by atoms with van der Waals surface area (Å²) in [6.45, 7) is 0. The molecule has 1 N–H and O–H groups in total. The third kappa shape index (κ3) is 2.24. The van der Waals surface area contributed by atoms with E-state index < -0.39 is 0 Å². The molecule has 0 radical (unpaired) electrons. The minimum absolute atomic E-state index is 0.105. The maximum absolute atomic E-state index is 9.98. The van der Waals surface area contributed by atoms with Gasteiger partial charge < -0.3 is 9.84 Å². The Bertz CT molecular complexity index is 371. The molecule has 0 aliphatic carbocycles. The second-order valence-electron chi connectivity index (χ2n) is 2.27. The minimum atomic E-state index is 0.105. The molecule has 0 saturated carbocycles. The fourth-order valence-electron chi connectivity index (χ4n) is 0.890. The van der Waals surface area contributed by atoms with Crippen LogP contribution in [0.1, 0.15) is 5.56 Å². The topological polar surface area (TPSA) is 46.5 Å². The normalized spacial score (nSPS) is 8.38. The highest BCUT2D eigenvalue weighted by Crippen LogP contribution is 2.22. The highest BCUT2D eigenvalue weighted by molar-refractivity contribution is 5.74. The molecule has 0 amide bonds. The largest absolute Gasteiger partial charge is 0.508 e. The van der Waals surface area contributed by atoms with E-state index in [0.717, 1.165) is 0 Å². The number of aromatic hydroxyl groups is 1. The van der Waals surface area contributed by atoms with Crippen molar-refractivity contribution in [2.24, 2.45) is 0 Å². The lowest BCUT2D eigenvalue weighted by Gasteiger charge is -2.02. The highest BCUT2D eigenvalue weighted by atomic mass is 16.5. The summed E-state index contributed by atoms with van der Waals surface area (Å²) in [5, 5.41) is 9.10. The quantitative estimate of drug-likeness (QED) is 0.512. The zero-order valence-corrected chi connectivity index (χ0v) is 7.07. The summed E-state index contributed by atoms with van der Waals surface area (Å²) in [5.41, 5.74) is 0.576. The first kappa shape index (κ1) is 9.14. The van der Waals surface area contributed by atoms with Crippen LogP contribution >= 0.6 is 0 Å². The Labute approximate surface area is 76.0 Å². The molecule has 0 aromatic heterocycles. The third-order valence-corrected chi connectivity index (χ3v) is 1.45. The first-order valence-electron chi connectivity index (χ1n) is 3.60. The second-order valence-corrected chi connectivity index (χ2v) is 2.27. The van der Waals surface area contributed by atoms with Crippen molar-refractivity contribution in [3.05, 3.63) is 23.8 Å². The number of carbonyl (C=O) groups is 1. The molecule has 0 bridgehead atoms. The predicted octanol–water partition coefficient (Wildman–Crippen LogP) is 0.951. The van der Waals surface area contributed by atoms with Crippen LogP contribution in [-0.4, -0.2) is 18.5 Å². The van der Waals surface area contributed by atoms with E-state index in [2.05, 4.69) is 11.8 Å². The molecule has 0 spiro atoms. The molecule has 0 unspecified atom stereocenters.